The maximum Gasteiger partial charge on any atom is 0.280 e. The molecule has 0 fully saturated rings. The third-order valence-electron chi connectivity index (χ3n) is 3.42. The SMILES string of the molecule is O=[N+]([O-])c1ccccc1C(N=Nc1ccccc1)=NNc1ccccc1. The van der Waals surface area contributed by atoms with Crippen molar-refractivity contribution in [2.45, 2.75) is 0 Å². The summed E-state index contributed by atoms with van der Waals surface area (Å²) >= 11 is 0. The number of nitrogens with zero attached hydrogens (tertiary/aromatic N) is 4. The van der Waals surface area contributed by atoms with E-state index < -0.39 is 4.92 Å². The topological polar surface area (TPSA) is 92.2 Å². The van der Waals surface area contributed by atoms with Gasteiger partial charge in [0.2, 0.25) is 5.84 Å². The molecule has 3 rings (SSSR count). The van der Waals surface area contributed by atoms with Gasteiger partial charge in [0.05, 0.1) is 16.3 Å². The van der Waals surface area contributed by atoms with E-state index in [0.717, 1.165) is 5.69 Å². The number of hydrogen-bond donors (Lipinski definition) is 1. The van der Waals surface area contributed by atoms with Gasteiger partial charge in [0.25, 0.3) is 5.69 Å². The van der Waals surface area contributed by atoms with Gasteiger partial charge in [0.15, 0.2) is 0 Å². The van der Waals surface area contributed by atoms with Gasteiger partial charge >= 0.3 is 0 Å². The van der Waals surface area contributed by atoms with Crippen molar-refractivity contribution in [2.75, 3.05) is 5.43 Å². The highest BCUT2D eigenvalue weighted by Crippen LogP contribution is 2.21. The first kappa shape index (κ1) is 17.0. The first-order chi connectivity index (χ1) is 12.7. The lowest BCUT2D eigenvalue weighted by molar-refractivity contribution is -0.385. The van der Waals surface area contributed by atoms with E-state index in [2.05, 4.69) is 20.8 Å². The molecule has 3 aromatic carbocycles. The number of para-hydroxylation sites is 2. The molecule has 128 valence electrons. The van der Waals surface area contributed by atoms with Crippen LogP contribution in [0.5, 0.6) is 0 Å². The Hall–Kier alpha value is -3.87. The summed E-state index contributed by atoms with van der Waals surface area (Å²) in [4.78, 5) is 10.9. The maximum atomic E-state index is 11.3. The molecular weight excluding hydrogens is 330 g/mol. The van der Waals surface area contributed by atoms with Crippen LogP contribution < -0.4 is 5.43 Å². The van der Waals surface area contributed by atoms with Gasteiger partial charge in [0.1, 0.15) is 5.56 Å². The van der Waals surface area contributed by atoms with E-state index in [1.807, 2.05) is 48.5 Å². The number of nitro groups is 1. The molecule has 7 heteroatoms. The third-order valence-corrected chi connectivity index (χ3v) is 3.42. The zero-order valence-corrected chi connectivity index (χ0v) is 13.7. The Morgan fingerprint density at radius 2 is 1.46 bits per heavy atom. The highest BCUT2D eigenvalue weighted by atomic mass is 16.6. The number of nitro benzene ring substituents is 1. The van der Waals surface area contributed by atoms with Crippen LogP contribution in [0.25, 0.3) is 0 Å². The molecule has 0 saturated heterocycles. The van der Waals surface area contributed by atoms with Gasteiger partial charge in [-0.15, -0.1) is 10.2 Å². The summed E-state index contributed by atoms with van der Waals surface area (Å²) < 4.78 is 0. The van der Waals surface area contributed by atoms with E-state index in [-0.39, 0.29) is 17.1 Å². The zero-order valence-electron chi connectivity index (χ0n) is 13.7. The minimum Gasteiger partial charge on any atom is -0.276 e. The average Bonchev–Trinajstić information content (AvgIpc) is 2.69. The second kappa shape index (κ2) is 8.29. The van der Waals surface area contributed by atoms with E-state index in [0.29, 0.717) is 5.69 Å². The molecule has 26 heavy (non-hydrogen) atoms. The second-order valence-corrected chi connectivity index (χ2v) is 5.22. The third kappa shape index (κ3) is 4.35. The molecule has 0 atom stereocenters. The van der Waals surface area contributed by atoms with Crippen LogP contribution in [-0.4, -0.2) is 10.8 Å². The number of azo groups is 1. The van der Waals surface area contributed by atoms with Crippen molar-refractivity contribution in [2.24, 2.45) is 15.3 Å². The number of rotatable bonds is 5. The van der Waals surface area contributed by atoms with Gasteiger partial charge in [0, 0.05) is 6.07 Å². The second-order valence-electron chi connectivity index (χ2n) is 5.22. The molecule has 0 aromatic heterocycles. The molecule has 0 spiro atoms. The highest BCUT2D eigenvalue weighted by Gasteiger charge is 2.17. The first-order valence-corrected chi connectivity index (χ1v) is 7.83. The van der Waals surface area contributed by atoms with Crippen LogP contribution in [0.15, 0.2) is 100 Å². The van der Waals surface area contributed by atoms with Crippen molar-refractivity contribution in [3.05, 3.63) is 101 Å². The monoisotopic (exact) mass is 345 g/mol. The van der Waals surface area contributed by atoms with Gasteiger partial charge in [-0.3, -0.25) is 15.5 Å². The van der Waals surface area contributed by atoms with E-state index in [4.69, 9.17) is 0 Å². The van der Waals surface area contributed by atoms with Crippen LogP contribution in [-0.2, 0) is 0 Å². The Labute approximate surface area is 149 Å². The molecule has 0 saturated carbocycles. The fourth-order valence-corrected chi connectivity index (χ4v) is 2.19. The Morgan fingerprint density at radius 1 is 0.846 bits per heavy atom. The van der Waals surface area contributed by atoms with Gasteiger partial charge in [-0.2, -0.15) is 5.10 Å². The molecule has 0 aliphatic heterocycles. The van der Waals surface area contributed by atoms with Crippen molar-refractivity contribution in [1.29, 1.82) is 0 Å². The number of amidine groups is 1. The van der Waals surface area contributed by atoms with E-state index >= 15 is 0 Å². The Balaban J connectivity index is 1.99. The molecule has 0 radical (unpaired) electrons. The minimum atomic E-state index is -0.467. The number of anilines is 1. The van der Waals surface area contributed by atoms with Crippen molar-refractivity contribution in [3.63, 3.8) is 0 Å². The van der Waals surface area contributed by atoms with Crippen LogP contribution in [0.1, 0.15) is 5.56 Å². The number of benzene rings is 3. The summed E-state index contributed by atoms with van der Waals surface area (Å²) in [7, 11) is 0. The Morgan fingerprint density at radius 3 is 2.15 bits per heavy atom. The molecule has 0 bridgehead atoms. The normalized spacial score (nSPS) is 11.5. The lowest BCUT2D eigenvalue weighted by Crippen LogP contribution is -2.05. The van der Waals surface area contributed by atoms with Crippen LogP contribution in [0.2, 0.25) is 0 Å². The predicted octanol–water partition coefficient (Wildman–Crippen LogP) is 5.15. The van der Waals surface area contributed by atoms with Gasteiger partial charge in [-0.25, -0.2) is 0 Å². The van der Waals surface area contributed by atoms with E-state index in [1.165, 1.54) is 6.07 Å². The fraction of sp³-hybridized carbons (Fsp3) is 0. The lowest BCUT2D eigenvalue weighted by atomic mass is 10.1. The number of hydrazone groups is 1. The van der Waals surface area contributed by atoms with Crippen LogP contribution >= 0.6 is 0 Å². The Bertz CT molecular complexity index is 940. The van der Waals surface area contributed by atoms with E-state index in [1.54, 1.807) is 30.3 Å². The van der Waals surface area contributed by atoms with Crippen molar-refractivity contribution >= 4 is 22.9 Å². The molecule has 0 amide bonds. The summed E-state index contributed by atoms with van der Waals surface area (Å²) in [6.07, 6.45) is 0. The largest absolute Gasteiger partial charge is 0.280 e. The molecule has 0 heterocycles. The van der Waals surface area contributed by atoms with Crippen molar-refractivity contribution in [1.82, 2.24) is 0 Å². The van der Waals surface area contributed by atoms with Gasteiger partial charge < -0.3 is 0 Å². The average molecular weight is 345 g/mol. The molecule has 1 N–H and O–H groups in total. The summed E-state index contributed by atoms with van der Waals surface area (Å²) in [5, 5.41) is 23.8. The number of hydrogen-bond acceptors (Lipinski definition) is 5. The minimum absolute atomic E-state index is 0.0897. The predicted molar refractivity (Wildman–Crippen MR) is 101 cm³/mol. The molecule has 7 nitrogen and oxygen atoms in total. The molecule has 3 aromatic rings. The summed E-state index contributed by atoms with van der Waals surface area (Å²) in [5.74, 6) is 0.116. The van der Waals surface area contributed by atoms with Gasteiger partial charge in [-0.1, -0.05) is 48.5 Å². The summed E-state index contributed by atoms with van der Waals surface area (Å²) in [6.45, 7) is 0. The number of nitrogens with one attached hydrogen (secondary N) is 1. The first-order valence-electron chi connectivity index (χ1n) is 7.83. The highest BCUT2D eigenvalue weighted by molar-refractivity contribution is 6.03. The fourth-order valence-electron chi connectivity index (χ4n) is 2.19. The van der Waals surface area contributed by atoms with Crippen LogP contribution in [0.4, 0.5) is 17.1 Å². The summed E-state index contributed by atoms with van der Waals surface area (Å²) in [5.41, 5.74) is 4.40. The molecule has 0 aliphatic carbocycles. The summed E-state index contributed by atoms with van der Waals surface area (Å²) in [6, 6.07) is 24.6. The molecular formula is C19H15N5O2. The quantitative estimate of drug-likeness (QED) is 0.228. The van der Waals surface area contributed by atoms with Crippen molar-refractivity contribution in [3.8, 4) is 0 Å². The van der Waals surface area contributed by atoms with Crippen LogP contribution in [0, 0.1) is 10.1 Å². The van der Waals surface area contributed by atoms with Gasteiger partial charge in [-0.05, 0) is 30.3 Å². The Kier molecular flexibility index (Phi) is 5.41. The smallest absolute Gasteiger partial charge is 0.276 e. The lowest BCUT2D eigenvalue weighted by Gasteiger charge is -2.04. The van der Waals surface area contributed by atoms with Crippen LogP contribution in [0.3, 0.4) is 0 Å². The zero-order chi connectivity index (χ0) is 18.2. The molecule has 0 unspecified atom stereocenters. The van der Waals surface area contributed by atoms with Crippen molar-refractivity contribution < 1.29 is 4.92 Å². The molecule has 0 aliphatic rings. The maximum absolute atomic E-state index is 11.3. The van der Waals surface area contributed by atoms with E-state index in [9.17, 15) is 10.1 Å². The standard InChI is InChI=1S/C19H15N5O2/c25-24(26)18-14-8-7-13-17(18)19(22-20-15-9-3-1-4-10-15)23-21-16-11-5-2-6-12-16/h1-14,20H.